The van der Waals surface area contributed by atoms with E-state index in [0.29, 0.717) is 0 Å². The summed E-state index contributed by atoms with van der Waals surface area (Å²) in [4.78, 5) is 11.6. The molecule has 0 saturated carbocycles. The molecule has 1 unspecified atom stereocenters. The van der Waals surface area contributed by atoms with E-state index in [-0.39, 0.29) is 17.3 Å². The van der Waals surface area contributed by atoms with Gasteiger partial charge in [0.2, 0.25) is 5.91 Å². The lowest BCUT2D eigenvalue weighted by Crippen LogP contribution is -2.23. The van der Waals surface area contributed by atoms with Crippen molar-refractivity contribution in [2.75, 3.05) is 18.3 Å². The Kier molecular flexibility index (Phi) is 5.05. The smallest absolute Gasteiger partial charge is 0.418 e. The second kappa shape index (κ2) is 6.14. The quantitative estimate of drug-likeness (QED) is 0.863. The zero-order valence-corrected chi connectivity index (χ0v) is 11.1. The fourth-order valence-electron chi connectivity index (χ4n) is 1.32. The number of nitrogens with one attached hydrogen (secondary N) is 1. The molecule has 0 radical (unpaired) electrons. The predicted molar refractivity (Wildman–Crippen MR) is 66.5 cm³/mol. The minimum atomic E-state index is -4.58. The summed E-state index contributed by atoms with van der Waals surface area (Å²) in [6, 6.07) is 3.33. The summed E-state index contributed by atoms with van der Waals surface area (Å²) in [7, 11) is 1.27. The van der Waals surface area contributed by atoms with Gasteiger partial charge in [-0.2, -0.15) is 13.2 Å². The molecule has 1 rings (SSSR count). The van der Waals surface area contributed by atoms with Crippen LogP contribution in [0.4, 0.5) is 18.9 Å². The molecule has 106 valence electrons. The highest BCUT2D eigenvalue weighted by Crippen LogP contribution is 2.37. The van der Waals surface area contributed by atoms with E-state index >= 15 is 0 Å². The van der Waals surface area contributed by atoms with Crippen LogP contribution in [-0.4, -0.2) is 18.9 Å². The number of methoxy groups -OCH3 is 1. The number of hydrogen-bond acceptors (Lipinski definition) is 2. The van der Waals surface area contributed by atoms with Crippen LogP contribution in [0, 0.1) is 5.92 Å². The first-order chi connectivity index (χ1) is 8.79. The largest absolute Gasteiger partial charge is 0.497 e. The Morgan fingerprint density at radius 3 is 2.58 bits per heavy atom. The fourth-order valence-corrected chi connectivity index (χ4v) is 1.46. The molecular formula is C12H13ClF3NO2. The Labute approximate surface area is 113 Å². The van der Waals surface area contributed by atoms with Crippen LogP contribution in [0.25, 0.3) is 0 Å². The van der Waals surface area contributed by atoms with Crippen LogP contribution in [0.3, 0.4) is 0 Å². The summed E-state index contributed by atoms with van der Waals surface area (Å²) in [6.07, 6.45) is -4.58. The molecule has 0 saturated heterocycles. The molecule has 1 aromatic carbocycles. The number of anilines is 1. The summed E-state index contributed by atoms with van der Waals surface area (Å²) < 4.78 is 43.3. The molecule has 0 heterocycles. The minimum Gasteiger partial charge on any atom is -0.497 e. The van der Waals surface area contributed by atoms with Crippen LogP contribution in [0.5, 0.6) is 5.75 Å². The number of alkyl halides is 4. The Morgan fingerprint density at radius 2 is 2.11 bits per heavy atom. The Bertz CT molecular complexity index is 463. The van der Waals surface area contributed by atoms with Crippen LogP contribution >= 0.6 is 11.6 Å². The van der Waals surface area contributed by atoms with Crippen molar-refractivity contribution in [1.82, 2.24) is 0 Å². The van der Waals surface area contributed by atoms with Gasteiger partial charge in [0, 0.05) is 11.8 Å². The number of hydrogen-bond donors (Lipinski definition) is 1. The summed E-state index contributed by atoms with van der Waals surface area (Å²) in [5.41, 5.74) is -1.27. The lowest BCUT2D eigenvalue weighted by molar-refractivity contribution is -0.137. The van der Waals surface area contributed by atoms with Gasteiger partial charge in [-0.05, 0) is 18.2 Å². The topological polar surface area (TPSA) is 38.3 Å². The third-order valence-electron chi connectivity index (χ3n) is 2.47. The number of ether oxygens (including phenoxy) is 1. The molecule has 1 amide bonds. The molecule has 1 atom stereocenters. The van der Waals surface area contributed by atoms with Crippen molar-refractivity contribution < 1.29 is 22.7 Å². The maximum Gasteiger partial charge on any atom is 0.418 e. The highest BCUT2D eigenvalue weighted by atomic mass is 35.5. The molecule has 3 nitrogen and oxygen atoms in total. The second-order valence-electron chi connectivity index (χ2n) is 3.95. The Hall–Kier alpha value is -1.43. The summed E-state index contributed by atoms with van der Waals surface area (Å²) in [5.74, 6) is -1.05. The molecule has 0 aliphatic heterocycles. The number of amides is 1. The lowest BCUT2D eigenvalue weighted by atomic mass is 10.1. The van der Waals surface area contributed by atoms with Gasteiger partial charge in [0.25, 0.3) is 0 Å². The summed E-state index contributed by atoms with van der Waals surface area (Å²) in [5, 5.41) is 2.22. The van der Waals surface area contributed by atoms with Crippen molar-refractivity contribution >= 4 is 23.2 Å². The molecule has 0 bridgehead atoms. The van der Waals surface area contributed by atoms with Gasteiger partial charge in [-0.25, -0.2) is 0 Å². The standard InChI is InChI=1S/C12H13ClF3NO2/c1-7(6-13)11(18)17-10-4-3-8(19-2)5-9(10)12(14,15)16/h3-5,7H,6H2,1-2H3,(H,17,18). The number of carbonyl (C=O) groups is 1. The molecule has 0 fully saturated rings. The van der Waals surface area contributed by atoms with E-state index in [0.717, 1.165) is 12.1 Å². The first-order valence-corrected chi connectivity index (χ1v) is 5.95. The second-order valence-corrected chi connectivity index (χ2v) is 4.26. The first kappa shape index (κ1) is 15.6. The molecule has 7 heteroatoms. The normalized spacial score (nSPS) is 12.9. The van der Waals surface area contributed by atoms with Gasteiger partial charge >= 0.3 is 6.18 Å². The Balaban J connectivity index is 3.10. The highest BCUT2D eigenvalue weighted by Gasteiger charge is 2.34. The zero-order chi connectivity index (χ0) is 14.6. The van der Waals surface area contributed by atoms with Crippen molar-refractivity contribution in [2.45, 2.75) is 13.1 Å². The predicted octanol–water partition coefficient (Wildman–Crippen LogP) is 3.53. The van der Waals surface area contributed by atoms with Gasteiger partial charge in [-0.3, -0.25) is 4.79 Å². The monoisotopic (exact) mass is 295 g/mol. The highest BCUT2D eigenvalue weighted by molar-refractivity contribution is 6.19. The molecule has 0 aliphatic rings. The van der Waals surface area contributed by atoms with E-state index in [1.54, 1.807) is 0 Å². The van der Waals surface area contributed by atoms with Gasteiger partial charge in [-0.1, -0.05) is 6.92 Å². The van der Waals surface area contributed by atoms with E-state index in [9.17, 15) is 18.0 Å². The third-order valence-corrected chi connectivity index (χ3v) is 2.93. The van der Waals surface area contributed by atoms with Crippen molar-refractivity contribution in [1.29, 1.82) is 0 Å². The van der Waals surface area contributed by atoms with Crippen LogP contribution in [0.2, 0.25) is 0 Å². The van der Waals surface area contributed by atoms with Gasteiger partial charge in [-0.15, -0.1) is 11.6 Å². The number of rotatable bonds is 4. The van der Waals surface area contributed by atoms with E-state index in [1.807, 2.05) is 0 Å². The summed E-state index contributed by atoms with van der Waals surface area (Å²) in [6.45, 7) is 1.53. The molecule has 1 N–H and O–H groups in total. The molecule has 19 heavy (non-hydrogen) atoms. The van der Waals surface area contributed by atoms with Crippen molar-refractivity contribution in [3.8, 4) is 5.75 Å². The molecule has 0 aliphatic carbocycles. The van der Waals surface area contributed by atoms with Crippen LogP contribution in [0.15, 0.2) is 18.2 Å². The zero-order valence-electron chi connectivity index (χ0n) is 10.3. The van der Waals surface area contributed by atoms with Crippen LogP contribution < -0.4 is 10.1 Å². The van der Waals surface area contributed by atoms with Gasteiger partial charge in [0.05, 0.1) is 18.4 Å². The molecule has 1 aromatic rings. The summed E-state index contributed by atoms with van der Waals surface area (Å²) >= 11 is 5.49. The first-order valence-electron chi connectivity index (χ1n) is 5.41. The van der Waals surface area contributed by atoms with Crippen molar-refractivity contribution in [2.24, 2.45) is 5.92 Å². The number of halogens is 4. The molecule has 0 spiro atoms. The maximum absolute atomic E-state index is 12.9. The van der Waals surface area contributed by atoms with E-state index < -0.39 is 23.6 Å². The SMILES string of the molecule is COc1ccc(NC(=O)C(C)CCl)c(C(F)(F)F)c1. The van der Waals surface area contributed by atoms with Gasteiger partial charge < -0.3 is 10.1 Å². The van der Waals surface area contributed by atoms with Gasteiger partial charge in [0.1, 0.15) is 5.75 Å². The fraction of sp³-hybridized carbons (Fsp3) is 0.417. The third kappa shape index (κ3) is 4.02. The number of benzene rings is 1. The maximum atomic E-state index is 12.9. The number of carbonyl (C=O) groups excluding carboxylic acids is 1. The molecular weight excluding hydrogens is 283 g/mol. The van der Waals surface area contributed by atoms with E-state index in [4.69, 9.17) is 16.3 Å². The Morgan fingerprint density at radius 1 is 1.47 bits per heavy atom. The van der Waals surface area contributed by atoms with Crippen LogP contribution in [-0.2, 0) is 11.0 Å². The van der Waals surface area contributed by atoms with Gasteiger partial charge in [0.15, 0.2) is 0 Å². The average Bonchev–Trinajstić information content (AvgIpc) is 2.36. The van der Waals surface area contributed by atoms with E-state index in [2.05, 4.69) is 5.32 Å². The van der Waals surface area contributed by atoms with Crippen molar-refractivity contribution in [3.05, 3.63) is 23.8 Å². The average molecular weight is 296 g/mol. The lowest BCUT2D eigenvalue weighted by Gasteiger charge is -2.16. The van der Waals surface area contributed by atoms with Crippen molar-refractivity contribution in [3.63, 3.8) is 0 Å². The van der Waals surface area contributed by atoms with Crippen LogP contribution in [0.1, 0.15) is 12.5 Å². The molecule has 0 aromatic heterocycles. The minimum absolute atomic E-state index is 0.0311. The van der Waals surface area contributed by atoms with E-state index in [1.165, 1.54) is 20.1 Å².